The summed E-state index contributed by atoms with van der Waals surface area (Å²) in [5.74, 6) is 0. The van der Waals surface area contributed by atoms with Gasteiger partial charge in [0.25, 0.3) is 0 Å². The van der Waals surface area contributed by atoms with Gasteiger partial charge in [0, 0.05) is 19.0 Å². The first kappa shape index (κ1) is 17.9. The standard InChI is InChI=1S/C19H21N3O4/c1-22-16-9-14(7-8-15(16)10-21-22)18(24)17(23)11-20-19(25)26-12-13-5-3-2-4-6-13/h2-10,17-18,23-24H,11-12H2,1H3,(H,20,25). The minimum atomic E-state index is -1.16. The third-order valence-corrected chi connectivity index (χ3v) is 4.15. The highest BCUT2D eigenvalue weighted by atomic mass is 16.5. The number of aliphatic hydroxyl groups excluding tert-OH is 2. The van der Waals surface area contributed by atoms with Crippen molar-refractivity contribution in [2.75, 3.05) is 6.54 Å². The van der Waals surface area contributed by atoms with Gasteiger partial charge in [0.15, 0.2) is 0 Å². The molecule has 0 bridgehead atoms. The molecule has 0 saturated heterocycles. The Kier molecular flexibility index (Phi) is 5.50. The Bertz CT molecular complexity index is 879. The molecular weight excluding hydrogens is 334 g/mol. The number of aromatic nitrogens is 2. The molecule has 0 aliphatic carbocycles. The summed E-state index contributed by atoms with van der Waals surface area (Å²) in [6.45, 7) is 0.0146. The van der Waals surface area contributed by atoms with Gasteiger partial charge in [0.1, 0.15) is 18.8 Å². The molecule has 26 heavy (non-hydrogen) atoms. The van der Waals surface area contributed by atoms with Crippen molar-refractivity contribution in [1.29, 1.82) is 0 Å². The lowest BCUT2D eigenvalue weighted by Gasteiger charge is -2.19. The number of hydrogen-bond acceptors (Lipinski definition) is 5. The smallest absolute Gasteiger partial charge is 0.407 e. The first-order valence-corrected chi connectivity index (χ1v) is 8.27. The third-order valence-electron chi connectivity index (χ3n) is 4.15. The number of hydrogen-bond donors (Lipinski definition) is 3. The fourth-order valence-corrected chi connectivity index (χ4v) is 2.64. The summed E-state index contributed by atoms with van der Waals surface area (Å²) in [6, 6.07) is 14.6. The fraction of sp³-hybridized carbons (Fsp3) is 0.263. The average molecular weight is 355 g/mol. The van der Waals surface area contributed by atoms with E-state index in [0.29, 0.717) is 5.56 Å². The van der Waals surface area contributed by atoms with Gasteiger partial charge in [-0.2, -0.15) is 5.10 Å². The quantitative estimate of drug-likeness (QED) is 0.627. The summed E-state index contributed by atoms with van der Waals surface area (Å²) in [7, 11) is 1.80. The van der Waals surface area contributed by atoms with Gasteiger partial charge in [-0.3, -0.25) is 4.68 Å². The largest absolute Gasteiger partial charge is 0.445 e. The molecule has 2 unspecified atom stereocenters. The van der Waals surface area contributed by atoms with E-state index in [1.165, 1.54) is 0 Å². The predicted molar refractivity (Wildman–Crippen MR) is 96.3 cm³/mol. The van der Waals surface area contributed by atoms with Gasteiger partial charge in [0.2, 0.25) is 0 Å². The van der Waals surface area contributed by atoms with Crippen LogP contribution in [0.15, 0.2) is 54.7 Å². The van der Waals surface area contributed by atoms with Crippen LogP contribution < -0.4 is 5.32 Å². The van der Waals surface area contributed by atoms with Crippen molar-refractivity contribution in [3.8, 4) is 0 Å². The number of carbonyl (C=O) groups is 1. The molecule has 0 spiro atoms. The number of fused-ring (bicyclic) bond motifs is 1. The van der Waals surface area contributed by atoms with Crippen molar-refractivity contribution in [2.24, 2.45) is 7.05 Å². The maximum atomic E-state index is 11.7. The SMILES string of the molecule is Cn1ncc2ccc(C(O)C(O)CNC(=O)OCc3ccccc3)cc21. The highest BCUT2D eigenvalue weighted by Crippen LogP contribution is 2.22. The van der Waals surface area contributed by atoms with Crippen molar-refractivity contribution in [3.63, 3.8) is 0 Å². The first-order valence-electron chi connectivity index (χ1n) is 8.27. The topological polar surface area (TPSA) is 96.6 Å². The Morgan fingerprint density at radius 2 is 2.00 bits per heavy atom. The number of aliphatic hydroxyl groups is 2. The fourth-order valence-electron chi connectivity index (χ4n) is 2.64. The van der Waals surface area contributed by atoms with Crippen LogP contribution in [0.3, 0.4) is 0 Å². The number of carbonyl (C=O) groups excluding carboxylic acids is 1. The summed E-state index contributed by atoms with van der Waals surface area (Å²) in [6.07, 6.45) is -1.22. The molecule has 1 amide bonds. The number of rotatable bonds is 6. The summed E-state index contributed by atoms with van der Waals surface area (Å²) < 4.78 is 6.76. The molecule has 7 heteroatoms. The molecule has 0 radical (unpaired) electrons. The number of aryl methyl sites for hydroxylation is 1. The second kappa shape index (κ2) is 7.99. The Labute approximate surface area is 150 Å². The zero-order valence-electron chi connectivity index (χ0n) is 14.4. The van der Waals surface area contributed by atoms with E-state index in [0.717, 1.165) is 16.5 Å². The Hall–Kier alpha value is -2.90. The molecule has 3 aromatic rings. The third kappa shape index (κ3) is 4.19. The van der Waals surface area contributed by atoms with Crippen LogP contribution in [0.5, 0.6) is 0 Å². The maximum Gasteiger partial charge on any atom is 0.407 e. The summed E-state index contributed by atoms with van der Waals surface area (Å²) in [5, 5.41) is 28.0. The molecular formula is C19H21N3O4. The summed E-state index contributed by atoms with van der Waals surface area (Å²) >= 11 is 0. The van der Waals surface area contributed by atoms with Crippen molar-refractivity contribution < 1.29 is 19.7 Å². The van der Waals surface area contributed by atoms with E-state index >= 15 is 0 Å². The molecule has 3 rings (SSSR count). The monoisotopic (exact) mass is 355 g/mol. The summed E-state index contributed by atoms with van der Waals surface area (Å²) in [4.78, 5) is 11.7. The van der Waals surface area contributed by atoms with Gasteiger partial charge in [-0.05, 0) is 17.2 Å². The van der Waals surface area contributed by atoms with Crippen LogP contribution in [0, 0.1) is 0 Å². The Morgan fingerprint density at radius 3 is 2.77 bits per heavy atom. The van der Waals surface area contributed by atoms with Crippen LogP contribution in [0.25, 0.3) is 10.9 Å². The van der Waals surface area contributed by atoms with E-state index in [1.54, 1.807) is 30.1 Å². The van der Waals surface area contributed by atoms with Gasteiger partial charge >= 0.3 is 6.09 Å². The lowest BCUT2D eigenvalue weighted by atomic mass is 10.0. The van der Waals surface area contributed by atoms with Crippen LogP contribution in [0.2, 0.25) is 0 Å². The van der Waals surface area contributed by atoms with E-state index in [4.69, 9.17) is 4.74 Å². The lowest BCUT2D eigenvalue weighted by Crippen LogP contribution is -2.35. The second-order valence-electron chi connectivity index (χ2n) is 6.04. The van der Waals surface area contributed by atoms with Crippen molar-refractivity contribution in [1.82, 2.24) is 15.1 Å². The molecule has 0 fully saturated rings. The van der Waals surface area contributed by atoms with Gasteiger partial charge < -0.3 is 20.3 Å². The molecule has 0 aliphatic heterocycles. The van der Waals surface area contributed by atoms with Crippen molar-refractivity contribution >= 4 is 17.0 Å². The maximum absolute atomic E-state index is 11.7. The van der Waals surface area contributed by atoms with E-state index in [9.17, 15) is 15.0 Å². The lowest BCUT2D eigenvalue weighted by molar-refractivity contribution is 0.0184. The van der Waals surface area contributed by atoms with E-state index in [-0.39, 0.29) is 13.2 Å². The Balaban J connectivity index is 1.52. The molecule has 7 nitrogen and oxygen atoms in total. The first-order chi connectivity index (χ1) is 12.5. The second-order valence-corrected chi connectivity index (χ2v) is 6.04. The van der Waals surface area contributed by atoms with Gasteiger partial charge in [-0.1, -0.05) is 42.5 Å². The Morgan fingerprint density at radius 1 is 1.23 bits per heavy atom. The summed E-state index contributed by atoms with van der Waals surface area (Å²) in [5.41, 5.74) is 2.27. The molecule has 136 valence electrons. The molecule has 3 N–H and O–H groups in total. The van der Waals surface area contributed by atoms with Crippen LogP contribution in [0.4, 0.5) is 4.79 Å². The molecule has 1 aromatic heterocycles. The number of nitrogens with one attached hydrogen (secondary N) is 1. The van der Waals surface area contributed by atoms with Crippen LogP contribution in [-0.4, -0.2) is 38.7 Å². The zero-order valence-corrected chi connectivity index (χ0v) is 14.4. The number of amides is 1. The number of alkyl carbamates (subject to hydrolysis) is 1. The predicted octanol–water partition coefficient (Wildman–Crippen LogP) is 1.89. The molecule has 2 aromatic carbocycles. The van der Waals surface area contributed by atoms with Gasteiger partial charge in [-0.15, -0.1) is 0 Å². The number of ether oxygens (including phenoxy) is 1. The number of nitrogens with zero attached hydrogens (tertiary/aromatic N) is 2. The minimum Gasteiger partial charge on any atom is -0.445 e. The molecule has 0 aliphatic rings. The normalized spacial score (nSPS) is 13.3. The van der Waals surface area contributed by atoms with Crippen LogP contribution in [-0.2, 0) is 18.4 Å². The minimum absolute atomic E-state index is 0.127. The zero-order chi connectivity index (χ0) is 18.5. The molecule has 2 atom stereocenters. The van der Waals surface area contributed by atoms with E-state index in [2.05, 4.69) is 10.4 Å². The van der Waals surface area contributed by atoms with E-state index in [1.807, 2.05) is 36.4 Å². The van der Waals surface area contributed by atoms with Gasteiger partial charge in [0.05, 0.1) is 11.7 Å². The van der Waals surface area contributed by atoms with Gasteiger partial charge in [-0.25, -0.2) is 4.79 Å². The average Bonchev–Trinajstić information content (AvgIpc) is 3.05. The molecule has 1 heterocycles. The van der Waals surface area contributed by atoms with Crippen molar-refractivity contribution in [2.45, 2.75) is 18.8 Å². The van der Waals surface area contributed by atoms with Crippen LogP contribution in [0.1, 0.15) is 17.2 Å². The molecule has 0 saturated carbocycles. The van der Waals surface area contributed by atoms with E-state index < -0.39 is 18.3 Å². The number of benzene rings is 2. The highest BCUT2D eigenvalue weighted by molar-refractivity contribution is 5.79. The highest BCUT2D eigenvalue weighted by Gasteiger charge is 2.20. The van der Waals surface area contributed by atoms with Crippen molar-refractivity contribution in [3.05, 3.63) is 65.9 Å². The van der Waals surface area contributed by atoms with Crippen LogP contribution >= 0.6 is 0 Å².